The van der Waals surface area contributed by atoms with Crippen LogP contribution in [-0.4, -0.2) is 0 Å². The molecule has 1 aliphatic carbocycles. The SMILES string of the molecule is CCCC(C(C)C(C)c1ccc(C)c(F)c1)C1C=C(C)[C@@H](C)CC1C. The van der Waals surface area contributed by atoms with Crippen LogP contribution in [0.2, 0.25) is 0 Å². The standard InChI is InChI=1S/C24H37F/c1-8-9-22(23-13-17(4)16(3)12-18(23)5)20(7)19(6)21-11-10-15(2)24(25)14-21/h10-11,13-14,16,18-20,22-23H,8-9,12H2,1-7H3/t16-,18?,19?,20?,22?,23?/m0/s1. The van der Waals surface area contributed by atoms with Gasteiger partial charge in [-0.25, -0.2) is 4.39 Å². The second-order valence-corrected chi connectivity index (χ2v) is 8.71. The van der Waals surface area contributed by atoms with Gasteiger partial charge in [0, 0.05) is 0 Å². The molecule has 0 amide bonds. The molecule has 1 aromatic carbocycles. The molecule has 0 nitrogen and oxygen atoms in total. The Morgan fingerprint density at radius 1 is 1.16 bits per heavy atom. The number of benzene rings is 1. The van der Waals surface area contributed by atoms with Crippen molar-refractivity contribution in [2.75, 3.05) is 0 Å². The van der Waals surface area contributed by atoms with Crippen LogP contribution in [0.1, 0.15) is 77.8 Å². The minimum atomic E-state index is -0.0702. The summed E-state index contributed by atoms with van der Waals surface area (Å²) in [7, 11) is 0. The van der Waals surface area contributed by atoms with E-state index in [1.807, 2.05) is 13.0 Å². The maximum absolute atomic E-state index is 14.1. The summed E-state index contributed by atoms with van der Waals surface area (Å²) < 4.78 is 14.1. The molecule has 0 spiro atoms. The maximum atomic E-state index is 14.1. The van der Waals surface area contributed by atoms with Crippen LogP contribution in [0.3, 0.4) is 0 Å². The molecule has 6 atom stereocenters. The molecule has 0 saturated carbocycles. The Morgan fingerprint density at radius 2 is 1.84 bits per heavy atom. The summed E-state index contributed by atoms with van der Waals surface area (Å²) in [4.78, 5) is 0. The smallest absolute Gasteiger partial charge is 0.126 e. The maximum Gasteiger partial charge on any atom is 0.126 e. The predicted molar refractivity (Wildman–Crippen MR) is 107 cm³/mol. The first-order valence-electron chi connectivity index (χ1n) is 10.2. The van der Waals surface area contributed by atoms with Crippen molar-refractivity contribution >= 4 is 0 Å². The van der Waals surface area contributed by atoms with Gasteiger partial charge in [-0.1, -0.05) is 64.8 Å². The monoisotopic (exact) mass is 344 g/mol. The van der Waals surface area contributed by atoms with Crippen molar-refractivity contribution in [2.45, 2.75) is 73.6 Å². The molecule has 0 heterocycles. The van der Waals surface area contributed by atoms with Crippen LogP contribution in [0.4, 0.5) is 4.39 Å². The molecule has 5 unspecified atom stereocenters. The molecule has 0 fully saturated rings. The van der Waals surface area contributed by atoms with Crippen molar-refractivity contribution in [2.24, 2.45) is 29.6 Å². The molecule has 0 saturated heterocycles. The molecule has 1 heteroatoms. The Kier molecular flexibility index (Phi) is 6.88. The van der Waals surface area contributed by atoms with Crippen molar-refractivity contribution in [3.63, 3.8) is 0 Å². The number of hydrogen-bond acceptors (Lipinski definition) is 0. The fraction of sp³-hybridized carbons (Fsp3) is 0.667. The summed E-state index contributed by atoms with van der Waals surface area (Å²) in [6.45, 7) is 15.9. The molecule has 0 radical (unpaired) electrons. The van der Waals surface area contributed by atoms with Crippen LogP contribution >= 0.6 is 0 Å². The summed E-state index contributed by atoms with van der Waals surface area (Å²) in [6, 6.07) is 5.81. The zero-order valence-electron chi connectivity index (χ0n) is 17.3. The zero-order chi connectivity index (χ0) is 18.7. The summed E-state index contributed by atoms with van der Waals surface area (Å²) in [6.07, 6.45) is 6.34. The van der Waals surface area contributed by atoms with E-state index < -0.39 is 0 Å². The summed E-state index contributed by atoms with van der Waals surface area (Å²) in [5, 5.41) is 0. The van der Waals surface area contributed by atoms with E-state index in [1.165, 1.54) is 19.3 Å². The third-order valence-corrected chi connectivity index (χ3v) is 6.92. The fourth-order valence-electron chi connectivity index (χ4n) is 4.78. The van der Waals surface area contributed by atoms with Crippen LogP contribution in [0, 0.1) is 42.3 Å². The van der Waals surface area contributed by atoms with Crippen LogP contribution in [0.5, 0.6) is 0 Å². The summed E-state index contributed by atoms with van der Waals surface area (Å²) >= 11 is 0. The highest BCUT2D eigenvalue weighted by Gasteiger charge is 2.35. The van der Waals surface area contributed by atoms with Gasteiger partial charge in [-0.15, -0.1) is 0 Å². The van der Waals surface area contributed by atoms with Crippen molar-refractivity contribution < 1.29 is 4.39 Å². The van der Waals surface area contributed by atoms with Gasteiger partial charge in [0.15, 0.2) is 0 Å². The van der Waals surface area contributed by atoms with E-state index in [1.54, 1.807) is 11.6 Å². The van der Waals surface area contributed by atoms with E-state index in [9.17, 15) is 4.39 Å². The van der Waals surface area contributed by atoms with Gasteiger partial charge >= 0.3 is 0 Å². The minimum Gasteiger partial charge on any atom is -0.207 e. The van der Waals surface area contributed by atoms with Gasteiger partial charge in [0.05, 0.1) is 0 Å². The minimum absolute atomic E-state index is 0.0702. The van der Waals surface area contributed by atoms with Gasteiger partial charge in [-0.05, 0) is 79.4 Å². The third kappa shape index (κ3) is 4.54. The van der Waals surface area contributed by atoms with Crippen LogP contribution < -0.4 is 0 Å². The molecule has 0 N–H and O–H groups in total. The lowest BCUT2D eigenvalue weighted by Crippen LogP contribution is -2.32. The van der Waals surface area contributed by atoms with Gasteiger partial charge in [-0.3, -0.25) is 0 Å². The third-order valence-electron chi connectivity index (χ3n) is 6.92. The van der Waals surface area contributed by atoms with Crippen molar-refractivity contribution in [3.05, 3.63) is 46.8 Å². The number of aryl methyl sites for hydroxylation is 1. The van der Waals surface area contributed by atoms with Crippen LogP contribution in [0.25, 0.3) is 0 Å². The van der Waals surface area contributed by atoms with Crippen LogP contribution in [0.15, 0.2) is 29.8 Å². The Hall–Kier alpha value is -1.11. The first-order valence-corrected chi connectivity index (χ1v) is 10.2. The molecule has 25 heavy (non-hydrogen) atoms. The molecule has 0 aliphatic heterocycles. The van der Waals surface area contributed by atoms with Crippen molar-refractivity contribution in [1.82, 2.24) is 0 Å². The molecular weight excluding hydrogens is 307 g/mol. The Labute approximate surface area is 154 Å². The van der Waals surface area contributed by atoms with Gasteiger partial charge in [0.25, 0.3) is 0 Å². The van der Waals surface area contributed by atoms with Gasteiger partial charge in [-0.2, -0.15) is 0 Å². The van der Waals surface area contributed by atoms with Gasteiger partial charge in [0.2, 0.25) is 0 Å². The number of hydrogen-bond donors (Lipinski definition) is 0. The highest BCUT2D eigenvalue weighted by atomic mass is 19.1. The summed E-state index contributed by atoms with van der Waals surface area (Å²) in [5.74, 6) is 3.64. The van der Waals surface area contributed by atoms with Crippen molar-refractivity contribution in [3.8, 4) is 0 Å². The van der Waals surface area contributed by atoms with Crippen LogP contribution in [-0.2, 0) is 0 Å². The Balaban J connectivity index is 2.27. The second kappa shape index (κ2) is 8.52. The molecule has 0 bridgehead atoms. The number of allylic oxidation sites excluding steroid dienone is 2. The quantitative estimate of drug-likeness (QED) is 0.468. The van der Waals surface area contributed by atoms with Gasteiger partial charge < -0.3 is 0 Å². The topological polar surface area (TPSA) is 0 Å². The number of rotatable bonds is 6. The van der Waals surface area contributed by atoms with E-state index in [2.05, 4.69) is 53.7 Å². The van der Waals surface area contributed by atoms with Crippen molar-refractivity contribution in [1.29, 1.82) is 0 Å². The highest BCUT2D eigenvalue weighted by molar-refractivity contribution is 5.26. The first kappa shape index (κ1) is 20.2. The van der Waals surface area contributed by atoms with Gasteiger partial charge in [0.1, 0.15) is 5.82 Å². The average molecular weight is 345 g/mol. The molecule has 1 aromatic rings. The second-order valence-electron chi connectivity index (χ2n) is 8.71. The predicted octanol–water partition coefficient (Wildman–Crippen LogP) is 7.53. The van der Waals surface area contributed by atoms with E-state index in [0.29, 0.717) is 29.6 Å². The van der Waals surface area contributed by atoms with E-state index in [0.717, 1.165) is 17.0 Å². The largest absolute Gasteiger partial charge is 0.207 e. The average Bonchev–Trinajstić information content (AvgIpc) is 2.57. The molecule has 140 valence electrons. The van der Waals surface area contributed by atoms with E-state index >= 15 is 0 Å². The van der Waals surface area contributed by atoms with E-state index in [4.69, 9.17) is 0 Å². The lowest BCUT2D eigenvalue weighted by molar-refractivity contribution is 0.163. The van der Waals surface area contributed by atoms with E-state index in [-0.39, 0.29) is 5.82 Å². The molecular formula is C24H37F. The molecule has 2 rings (SSSR count). The number of halogens is 1. The zero-order valence-corrected chi connectivity index (χ0v) is 17.3. The first-order chi connectivity index (χ1) is 11.8. The Morgan fingerprint density at radius 3 is 2.44 bits per heavy atom. The highest BCUT2D eigenvalue weighted by Crippen LogP contribution is 2.44. The lowest BCUT2D eigenvalue weighted by atomic mass is 9.64. The summed E-state index contributed by atoms with van der Waals surface area (Å²) in [5.41, 5.74) is 3.45. The molecule has 1 aliphatic rings. The Bertz CT molecular complexity index is 600. The fourth-order valence-corrected chi connectivity index (χ4v) is 4.78. The molecule has 0 aromatic heterocycles. The normalized spacial score (nSPS) is 27.5. The lowest BCUT2D eigenvalue weighted by Gasteiger charge is -2.41.